The summed E-state index contributed by atoms with van der Waals surface area (Å²) in [5, 5.41) is 11.6. The Labute approximate surface area is 149 Å². The largest absolute Gasteiger partial charge is 0.340 e. The molecule has 3 rings (SSSR count). The summed E-state index contributed by atoms with van der Waals surface area (Å²) in [6, 6.07) is 12.7. The third kappa shape index (κ3) is 4.22. The summed E-state index contributed by atoms with van der Waals surface area (Å²) in [6.45, 7) is 1.74. The molecule has 0 saturated carbocycles. The predicted molar refractivity (Wildman–Crippen MR) is 97.6 cm³/mol. The number of benzene rings is 1. The molecule has 0 aliphatic carbocycles. The summed E-state index contributed by atoms with van der Waals surface area (Å²) < 4.78 is 0. The standard InChI is InChI=1S/C19H15N3O2S/c1-13(23)15-8-6-14(7-9-15)4-2-10-20-19(24)17-12-16(21-22-17)18-5-3-11-25-18/h3,5-9,11-12H,10H2,1H3,(H,20,24)(H,21,22). The highest BCUT2D eigenvalue weighted by atomic mass is 32.1. The van der Waals surface area contributed by atoms with Gasteiger partial charge in [-0.25, -0.2) is 0 Å². The lowest BCUT2D eigenvalue weighted by Gasteiger charge is -1.96. The van der Waals surface area contributed by atoms with E-state index < -0.39 is 0 Å². The average Bonchev–Trinajstić information content (AvgIpc) is 3.29. The van der Waals surface area contributed by atoms with Gasteiger partial charge in [0, 0.05) is 11.1 Å². The van der Waals surface area contributed by atoms with Crippen molar-refractivity contribution in [1.82, 2.24) is 15.5 Å². The summed E-state index contributed by atoms with van der Waals surface area (Å²) >= 11 is 1.58. The molecule has 1 aromatic carbocycles. The molecule has 5 nitrogen and oxygen atoms in total. The molecule has 6 heteroatoms. The van der Waals surface area contributed by atoms with E-state index in [0.29, 0.717) is 11.3 Å². The molecule has 2 aromatic heterocycles. The number of carbonyl (C=O) groups excluding carboxylic acids is 2. The molecular formula is C19H15N3O2S. The first-order chi connectivity index (χ1) is 12.1. The molecule has 0 unspecified atom stereocenters. The van der Waals surface area contributed by atoms with Crippen LogP contribution in [-0.4, -0.2) is 28.4 Å². The highest BCUT2D eigenvalue weighted by molar-refractivity contribution is 7.13. The Morgan fingerprint density at radius 3 is 2.72 bits per heavy atom. The van der Waals surface area contributed by atoms with Crippen LogP contribution in [-0.2, 0) is 0 Å². The molecule has 3 aromatic rings. The Morgan fingerprint density at radius 1 is 1.24 bits per heavy atom. The van der Waals surface area contributed by atoms with Crippen LogP contribution in [0.25, 0.3) is 10.6 Å². The van der Waals surface area contributed by atoms with Gasteiger partial charge in [0.05, 0.1) is 17.1 Å². The van der Waals surface area contributed by atoms with Crippen LogP contribution in [0.1, 0.15) is 33.3 Å². The second-order valence-electron chi connectivity index (χ2n) is 5.26. The molecule has 25 heavy (non-hydrogen) atoms. The molecule has 0 bridgehead atoms. The number of thiophene rings is 1. The van der Waals surface area contributed by atoms with Crippen molar-refractivity contribution >= 4 is 23.0 Å². The number of ketones is 1. The molecule has 0 spiro atoms. The quantitative estimate of drug-likeness (QED) is 0.561. The Balaban J connectivity index is 1.55. The fraction of sp³-hybridized carbons (Fsp3) is 0.105. The minimum Gasteiger partial charge on any atom is -0.340 e. The second-order valence-corrected chi connectivity index (χ2v) is 6.21. The van der Waals surface area contributed by atoms with Gasteiger partial charge in [-0.15, -0.1) is 11.3 Å². The number of Topliss-reactive ketones (excluding diaryl/α,β-unsaturated/α-hetero) is 1. The average molecular weight is 349 g/mol. The SMILES string of the molecule is CC(=O)c1ccc(C#CCNC(=O)c2cc(-c3cccs3)[nH]n2)cc1. The molecular weight excluding hydrogens is 334 g/mol. The van der Waals surface area contributed by atoms with Gasteiger partial charge in [0.1, 0.15) is 0 Å². The number of hydrogen-bond acceptors (Lipinski definition) is 4. The van der Waals surface area contributed by atoms with E-state index >= 15 is 0 Å². The minimum atomic E-state index is -0.278. The molecule has 0 atom stereocenters. The van der Waals surface area contributed by atoms with Gasteiger partial charge in [0.2, 0.25) is 0 Å². The van der Waals surface area contributed by atoms with Crippen LogP contribution in [0.4, 0.5) is 0 Å². The van der Waals surface area contributed by atoms with Crippen molar-refractivity contribution in [2.75, 3.05) is 6.54 Å². The van der Waals surface area contributed by atoms with Crippen molar-refractivity contribution in [3.63, 3.8) is 0 Å². The Bertz CT molecular complexity index is 945. The highest BCUT2D eigenvalue weighted by Crippen LogP contribution is 2.22. The maximum Gasteiger partial charge on any atom is 0.272 e. The fourth-order valence-electron chi connectivity index (χ4n) is 2.15. The van der Waals surface area contributed by atoms with Gasteiger partial charge >= 0.3 is 0 Å². The molecule has 0 aliphatic heterocycles. The first kappa shape index (κ1) is 16.7. The van der Waals surface area contributed by atoms with Gasteiger partial charge in [0.25, 0.3) is 5.91 Å². The van der Waals surface area contributed by atoms with E-state index in [1.54, 1.807) is 41.7 Å². The third-order valence-electron chi connectivity index (χ3n) is 3.46. The van der Waals surface area contributed by atoms with Crippen LogP contribution in [0.5, 0.6) is 0 Å². The number of carbonyl (C=O) groups is 2. The number of H-pyrrole nitrogens is 1. The summed E-state index contributed by atoms with van der Waals surface area (Å²) in [7, 11) is 0. The Morgan fingerprint density at radius 2 is 2.04 bits per heavy atom. The lowest BCUT2D eigenvalue weighted by Crippen LogP contribution is -2.23. The molecule has 2 heterocycles. The van der Waals surface area contributed by atoms with E-state index in [4.69, 9.17) is 0 Å². The number of nitrogens with zero attached hydrogens (tertiary/aromatic N) is 1. The summed E-state index contributed by atoms with van der Waals surface area (Å²) in [5.74, 6) is 5.57. The van der Waals surface area contributed by atoms with Gasteiger partial charge in [-0.2, -0.15) is 5.10 Å². The summed E-state index contributed by atoms with van der Waals surface area (Å²) in [5.41, 5.74) is 2.59. The van der Waals surface area contributed by atoms with E-state index in [-0.39, 0.29) is 18.2 Å². The smallest absolute Gasteiger partial charge is 0.272 e. The number of hydrogen-bond donors (Lipinski definition) is 2. The zero-order valence-corrected chi connectivity index (χ0v) is 14.3. The lowest BCUT2D eigenvalue weighted by atomic mass is 10.1. The zero-order chi connectivity index (χ0) is 17.6. The van der Waals surface area contributed by atoms with E-state index in [9.17, 15) is 9.59 Å². The zero-order valence-electron chi connectivity index (χ0n) is 13.5. The van der Waals surface area contributed by atoms with Gasteiger partial charge in [-0.3, -0.25) is 14.7 Å². The van der Waals surface area contributed by atoms with E-state index in [1.165, 1.54) is 6.92 Å². The predicted octanol–water partition coefficient (Wildman–Crippen LogP) is 3.12. The van der Waals surface area contributed by atoms with Crippen molar-refractivity contribution < 1.29 is 9.59 Å². The van der Waals surface area contributed by atoms with Crippen LogP contribution in [0, 0.1) is 11.8 Å². The van der Waals surface area contributed by atoms with E-state index in [1.807, 2.05) is 17.5 Å². The van der Waals surface area contributed by atoms with Crippen LogP contribution in [0.3, 0.4) is 0 Å². The molecule has 124 valence electrons. The number of amides is 1. The van der Waals surface area contributed by atoms with Gasteiger partial charge in [0.15, 0.2) is 11.5 Å². The van der Waals surface area contributed by atoms with Crippen LogP contribution < -0.4 is 5.32 Å². The number of nitrogens with one attached hydrogen (secondary N) is 2. The normalized spacial score (nSPS) is 9.96. The first-order valence-corrected chi connectivity index (χ1v) is 8.49. The van der Waals surface area contributed by atoms with Crippen molar-refractivity contribution in [3.05, 3.63) is 64.7 Å². The fourth-order valence-corrected chi connectivity index (χ4v) is 2.84. The third-order valence-corrected chi connectivity index (χ3v) is 4.36. The van der Waals surface area contributed by atoms with Crippen molar-refractivity contribution in [2.45, 2.75) is 6.92 Å². The molecule has 0 fully saturated rings. The topological polar surface area (TPSA) is 74.8 Å². The summed E-state index contributed by atoms with van der Waals surface area (Å²) in [4.78, 5) is 24.3. The first-order valence-electron chi connectivity index (χ1n) is 7.61. The summed E-state index contributed by atoms with van der Waals surface area (Å²) in [6.07, 6.45) is 0. The van der Waals surface area contributed by atoms with Crippen molar-refractivity contribution in [3.8, 4) is 22.4 Å². The maximum absolute atomic E-state index is 12.1. The monoisotopic (exact) mass is 349 g/mol. The van der Waals surface area contributed by atoms with Gasteiger partial charge < -0.3 is 5.32 Å². The maximum atomic E-state index is 12.1. The van der Waals surface area contributed by atoms with Crippen LogP contribution in [0.2, 0.25) is 0 Å². The lowest BCUT2D eigenvalue weighted by molar-refractivity contribution is 0.0952. The molecule has 1 amide bonds. The van der Waals surface area contributed by atoms with Gasteiger partial charge in [-0.05, 0) is 36.6 Å². The van der Waals surface area contributed by atoms with Gasteiger partial charge in [-0.1, -0.05) is 30.0 Å². The van der Waals surface area contributed by atoms with Crippen LogP contribution in [0.15, 0.2) is 47.8 Å². The minimum absolute atomic E-state index is 0.0210. The van der Waals surface area contributed by atoms with E-state index in [0.717, 1.165) is 16.1 Å². The van der Waals surface area contributed by atoms with Crippen molar-refractivity contribution in [2.24, 2.45) is 0 Å². The molecule has 0 saturated heterocycles. The Hall–Kier alpha value is -3.17. The molecule has 0 radical (unpaired) electrons. The Kier molecular flexibility index (Phi) is 5.07. The number of rotatable bonds is 4. The number of aromatic amines is 1. The van der Waals surface area contributed by atoms with Crippen molar-refractivity contribution in [1.29, 1.82) is 0 Å². The second kappa shape index (κ2) is 7.60. The highest BCUT2D eigenvalue weighted by Gasteiger charge is 2.10. The van der Waals surface area contributed by atoms with E-state index in [2.05, 4.69) is 27.4 Å². The molecule has 2 N–H and O–H groups in total. The molecule has 0 aliphatic rings. The number of aromatic nitrogens is 2. The van der Waals surface area contributed by atoms with Crippen LogP contribution >= 0.6 is 11.3 Å².